The molecule has 0 aliphatic carbocycles. The molecule has 0 radical (unpaired) electrons. The second-order valence-corrected chi connectivity index (χ2v) is 8.60. The van der Waals surface area contributed by atoms with Gasteiger partial charge >= 0.3 is 0 Å². The van der Waals surface area contributed by atoms with Crippen molar-refractivity contribution in [1.82, 2.24) is 4.98 Å². The average molecular weight is 493 g/mol. The van der Waals surface area contributed by atoms with Gasteiger partial charge in [0.05, 0.1) is 23.9 Å². The second kappa shape index (κ2) is 10.6. The molecule has 4 rings (SSSR count). The zero-order valence-corrected chi connectivity index (χ0v) is 19.9. The Morgan fingerprint density at radius 3 is 2.46 bits per heavy atom. The topological polar surface area (TPSA) is 100.0 Å². The largest absolute Gasteiger partial charge is 0.507 e. The van der Waals surface area contributed by atoms with Crippen LogP contribution in [0.2, 0.25) is 5.02 Å². The number of carbonyl (C=O) groups is 2. The van der Waals surface area contributed by atoms with Crippen LogP contribution in [-0.4, -0.2) is 33.5 Å². The highest BCUT2D eigenvalue weighted by atomic mass is 35.5. The maximum absolute atomic E-state index is 13.2. The summed E-state index contributed by atoms with van der Waals surface area (Å²) in [6, 6.07) is 13.2. The van der Waals surface area contributed by atoms with Gasteiger partial charge in [-0.25, -0.2) is 0 Å². The molecule has 1 amide bonds. The van der Waals surface area contributed by atoms with Crippen LogP contribution in [0.15, 0.2) is 72.6 Å². The van der Waals surface area contributed by atoms with Gasteiger partial charge in [0, 0.05) is 23.0 Å². The molecular weight excluding hydrogens is 468 g/mol. The SMILES string of the molecule is CCCCCOc1ccc(/C(O)=C2\C(=O)C(=O)N(c3cc(Cl)ccc3O)C2c2ccncc2)cc1. The Balaban J connectivity index is 1.77. The number of rotatable bonds is 8. The van der Waals surface area contributed by atoms with Gasteiger partial charge in [-0.15, -0.1) is 0 Å². The molecule has 3 aromatic rings. The number of aliphatic hydroxyl groups excluding tert-OH is 1. The number of benzene rings is 2. The van der Waals surface area contributed by atoms with E-state index >= 15 is 0 Å². The lowest BCUT2D eigenvalue weighted by Gasteiger charge is -2.26. The minimum absolute atomic E-state index is 0.0660. The zero-order valence-electron chi connectivity index (χ0n) is 19.1. The van der Waals surface area contributed by atoms with Crippen molar-refractivity contribution in [2.24, 2.45) is 0 Å². The smallest absolute Gasteiger partial charge is 0.300 e. The van der Waals surface area contributed by atoms with E-state index in [1.165, 1.54) is 30.6 Å². The van der Waals surface area contributed by atoms with Crippen molar-refractivity contribution in [1.29, 1.82) is 0 Å². The summed E-state index contributed by atoms with van der Waals surface area (Å²) in [5.41, 5.74) is 0.864. The van der Waals surface area contributed by atoms with Crippen LogP contribution in [0.1, 0.15) is 43.4 Å². The number of ether oxygens (including phenoxy) is 1. The average Bonchev–Trinajstić information content (AvgIpc) is 3.14. The fraction of sp³-hybridized carbons (Fsp3) is 0.222. The van der Waals surface area contributed by atoms with Crippen molar-refractivity contribution in [3.8, 4) is 11.5 Å². The van der Waals surface area contributed by atoms with E-state index in [-0.39, 0.29) is 27.8 Å². The van der Waals surface area contributed by atoms with Crippen molar-refractivity contribution in [3.05, 3.63) is 88.7 Å². The highest BCUT2D eigenvalue weighted by Crippen LogP contribution is 2.45. The van der Waals surface area contributed by atoms with Gasteiger partial charge in [-0.05, 0) is 66.6 Å². The van der Waals surface area contributed by atoms with E-state index in [0.717, 1.165) is 24.2 Å². The lowest BCUT2D eigenvalue weighted by atomic mass is 9.95. The molecule has 35 heavy (non-hydrogen) atoms. The van der Waals surface area contributed by atoms with Crippen molar-refractivity contribution < 1.29 is 24.5 Å². The van der Waals surface area contributed by atoms with Gasteiger partial charge in [-0.2, -0.15) is 0 Å². The Bertz CT molecular complexity index is 1260. The number of unbranched alkanes of at least 4 members (excludes halogenated alkanes) is 2. The highest BCUT2D eigenvalue weighted by Gasteiger charge is 2.47. The normalized spacial score (nSPS) is 17.1. The third-order valence-corrected chi connectivity index (χ3v) is 6.04. The van der Waals surface area contributed by atoms with E-state index in [1.54, 1.807) is 36.4 Å². The number of hydrogen-bond acceptors (Lipinski definition) is 6. The van der Waals surface area contributed by atoms with E-state index in [4.69, 9.17) is 16.3 Å². The molecular formula is C27H25ClN2O5. The molecule has 8 heteroatoms. The fourth-order valence-corrected chi connectivity index (χ4v) is 4.20. The van der Waals surface area contributed by atoms with Crippen LogP contribution in [-0.2, 0) is 9.59 Å². The summed E-state index contributed by atoms with van der Waals surface area (Å²) >= 11 is 6.12. The first-order valence-electron chi connectivity index (χ1n) is 11.3. The molecule has 0 saturated carbocycles. The van der Waals surface area contributed by atoms with E-state index in [9.17, 15) is 19.8 Å². The Labute approximate surface area is 208 Å². The third kappa shape index (κ3) is 5.00. The number of phenols is 1. The number of ketones is 1. The molecule has 0 bridgehead atoms. The summed E-state index contributed by atoms with van der Waals surface area (Å²) in [5.74, 6) is -1.66. The van der Waals surface area contributed by atoms with E-state index in [2.05, 4.69) is 11.9 Å². The van der Waals surface area contributed by atoms with E-state index < -0.39 is 17.7 Å². The summed E-state index contributed by atoms with van der Waals surface area (Å²) in [6.45, 7) is 2.71. The monoisotopic (exact) mass is 492 g/mol. The number of Topliss-reactive ketones (excluding diaryl/α,β-unsaturated/α-hetero) is 1. The predicted octanol–water partition coefficient (Wildman–Crippen LogP) is 5.64. The van der Waals surface area contributed by atoms with Crippen LogP contribution < -0.4 is 9.64 Å². The van der Waals surface area contributed by atoms with Crippen LogP contribution in [0.25, 0.3) is 5.76 Å². The van der Waals surface area contributed by atoms with Gasteiger partial charge in [0.1, 0.15) is 17.3 Å². The molecule has 1 fully saturated rings. The first-order chi connectivity index (χ1) is 16.9. The Morgan fingerprint density at radius 1 is 1.06 bits per heavy atom. The van der Waals surface area contributed by atoms with Gasteiger partial charge < -0.3 is 14.9 Å². The number of pyridine rings is 1. The minimum atomic E-state index is -0.993. The summed E-state index contributed by atoms with van der Waals surface area (Å²) in [6.07, 6.45) is 6.18. The number of amides is 1. The Kier molecular flexibility index (Phi) is 7.36. The molecule has 180 valence electrons. The zero-order chi connectivity index (χ0) is 24.9. The molecule has 0 spiro atoms. The van der Waals surface area contributed by atoms with Crippen molar-refractivity contribution >= 4 is 34.7 Å². The molecule has 2 N–H and O–H groups in total. The maximum Gasteiger partial charge on any atom is 0.300 e. The number of aromatic nitrogens is 1. The molecule has 1 aliphatic rings. The number of hydrogen-bond donors (Lipinski definition) is 2. The summed E-state index contributed by atoms with van der Waals surface area (Å²) < 4.78 is 5.72. The number of halogens is 1. The van der Waals surface area contributed by atoms with Crippen LogP contribution >= 0.6 is 11.6 Å². The lowest BCUT2D eigenvalue weighted by Crippen LogP contribution is -2.29. The van der Waals surface area contributed by atoms with Crippen LogP contribution in [0.5, 0.6) is 11.5 Å². The fourth-order valence-electron chi connectivity index (χ4n) is 4.04. The van der Waals surface area contributed by atoms with Gasteiger partial charge in [0.15, 0.2) is 0 Å². The predicted molar refractivity (Wildman–Crippen MR) is 134 cm³/mol. The van der Waals surface area contributed by atoms with Crippen LogP contribution in [0, 0.1) is 0 Å². The van der Waals surface area contributed by atoms with Crippen molar-refractivity contribution in [2.75, 3.05) is 11.5 Å². The molecule has 1 unspecified atom stereocenters. The van der Waals surface area contributed by atoms with Gasteiger partial charge in [0.25, 0.3) is 11.7 Å². The third-order valence-electron chi connectivity index (χ3n) is 5.81. The van der Waals surface area contributed by atoms with E-state index in [1.807, 2.05) is 0 Å². The molecule has 2 aromatic carbocycles. The first kappa shape index (κ1) is 24.3. The van der Waals surface area contributed by atoms with Crippen LogP contribution in [0.3, 0.4) is 0 Å². The Hall–Kier alpha value is -3.84. The molecule has 2 heterocycles. The number of aliphatic hydroxyl groups is 1. The molecule has 1 saturated heterocycles. The molecule has 7 nitrogen and oxygen atoms in total. The lowest BCUT2D eigenvalue weighted by molar-refractivity contribution is -0.132. The first-order valence-corrected chi connectivity index (χ1v) is 11.7. The molecule has 1 aliphatic heterocycles. The van der Waals surface area contributed by atoms with Crippen molar-refractivity contribution in [3.63, 3.8) is 0 Å². The highest BCUT2D eigenvalue weighted by molar-refractivity contribution is 6.52. The Morgan fingerprint density at radius 2 is 1.77 bits per heavy atom. The summed E-state index contributed by atoms with van der Waals surface area (Å²) in [7, 11) is 0. The number of nitrogens with zero attached hydrogens (tertiary/aromatic N) is 2. The number of phenolic OH excluding ortho intramolecular Hbond substituents is 1. The van der Waals surface area contributed by atoms with Gasteiger partial charge in [-0.1, -0.05) is 31.4 Å². The van der Waals surface area contributed by atoms with Crippen LogP contribution in [0.4, 0.5) is 5.69 Å². The standard InChI is InChI=1S/C27H25ClN2O5/c1-2-3-4-15-35-20-8-5-18(6-9-20)25(32)23-24(17-11-13-29-14-12-17)30(27(34)26(23)33)21-16-19(28)7-10-22(21)31/h5-14,16,24,31-32H,2-4,15H2,1H3/b25-23+. The molecule has 1 atom stereocenters. The maximum atomic E-state index is 13.2. The second-order valence-electron chi connectivity index (χ2n) is 8.16. The molecule has 1 aromatic heterocycles. The number of anilines is 1. The summed E-state index contributed by atoms with van der Waals surface area (Å²) in [4.78, 5) is 31.5. The quantitative estimate of drug-likeness (QED) is 0.183. The number of carbonyl (C=O) groups excluding carboxylic acids is 2. The minimum Gasteiger partial charge on any atom is -0.507 e. The van der Waals surface area contributed by atoms with Gasteiger partial charge in [-0.3, -0.25) is 19.5 Å². The van der Waals surface area contributed by atoms with Crippen molar-refractivity contribution in [2.45, 2.75) is 32.2 Å². The van der Waals surface area contributed by atoms with E-state index in [0.29, 0.717) is 23.5 Å². The van der Waals surface area contributed by atoms with Gasteiger partial charge in [0.2, 0.25) is 0 Å². The number of aromatic hydroxyl groups is 1. The summed E-state index contributed by atoms with van der Waals surface area (Å²) in [5, 5.41) is 22.0.